The maximum absolute atomic E-state index is 13.7. The van der Waals surface area contributed by atoms with Gasteiger partial charge in [0.1, 0.15) is 6.54 Å². The van der Waals surface area contributed by atoms with E-state index < -0.39 is 0 Å². The molecule has 4 aromatic rings. The lowest BCUT2D eigenvalue weighted by atomic mass is 10.1. The van der Waals surface area contributed by atoms with Crippen molar-refractivity contribution in [3.63, 3.8) is 0 Å². The molecule has 8 heteroatoms. The third-order valence-corrected chi connectivity index (χ3v) is 7.44. The van der Waals surface area contributed by atoms with E-state index in [1.807, 2.05) is 60.7 Å². The summed E-state index contributed by atoms with van der Waals surface area (Å²) in [4.78, 5) is 34.7. The molecule has 7 nitrogen and oxygen atoms in total. The number of anilines is 1. The monoisotopic (exact) mass is 544 g/mol. The fourth-order valence-corrected chi connectivity index (χ4v) is 4.80. The third kappa shape index (κ3) is 7.88. The number of rotatable bonds is 12. The number of fused-ring (bicyclic) bond motifs is 1. The molecule has 0 saturated carbocycles. The number of amides is 3. The molecule has 0 radical (unpaired) electrons. The molecule has 2 N–H and O–H groups in total. The number of aryl methyl sites for hydroxylation is 1. The maximum atomic E-state index is 13.7. The zero-order valence-corrected chi connectivity index (χ0v) is 23.6. The van der Waals surface area contributed by atoms with Gasteiger partial charge in [-0.1, -0.05) is 48.0 Å². The second kappa shape index (κ2) is 13.9. The first-order valence-corrected chi connectivity index (χ1v) is 14.3. The Hall–Kier alpha value is -3.75. The van der Waals surface area contributed by atoms with Crippen molar-refractivity contribution >= 4 is 40.3 Å². The fraction of sp³-hybridized carbons (Fsp3) is 0.290. The van der Waals surface area contributed by atoms with Gasteiger partial charge in [-0.3, -0.25) is 4.79 Å². The Morgan fingerprint density at radius 1 is 0.949 bits per heavy atom. The number of aromatic amines is 1. The Labute approximate surface area is 234 Å². The van der Waals surface area contributed by atoms with E-state index in [9.17, 15) is 9.59 Å². The van der Waals surface area contributed by atoms with Gasteiger partial charge in [-0.05, 0) is 61.1 Å². The van der Waals surface area contributed by atoms with Gasteiger partial charge in [0.25, 0.3) is 0 Å². The zero-order valence-electron chi connectivity index (χ0n) is 22.8. The summed E-state index contributed by atoms with van der Waals surface area (Å²) in [6, 6.07) is 23.7. The van der Waals surface area contributed by atoms with Crippen LogP contribution >= 0.6 is 11.8 Å². The number of thioether (sulfide) groups is 1. The highest BCUT2D eigenvalue weighted by atomic mass is 32.2. The van der Waals surface area contributed by atoms with Gasteiger partial charge in [0.15, 0.2) is 0 Å². The Morgan fingerprint density at radius 3 is 2.41 bits per heavy atom. The van der Waals surface area contributed by atoms with Crippen LogP contribution < -0.4 is 5.32 Å². The van der Waals surface area contributed by atoms with Crippen LogP contribution in [0.3, 0.4) is 0 Å². The minimum absolute atomic E-state index is 0.0438. The standard InChI is InChI=1S/C31H36N4O3S/c1-23-8-10-24(11-9-23)21-34(17-16-25-20-32-29-7-5-4-6-28(25)29)30(36)22-35(18-19-38-2)31(37)33-26-12-14-27(39-3)15-13-26/h4-15,20,32H,16-19,21-22H2,1-3H3,(H,33,37). The molecule has 39 heavy (non-hydrogen) atoms. The van der Waals surface area contributed by atoms with Crippen molar-refractivity contribution in [2.24, 2.45) is 0 Å². The smallest absolute Gasteiger partial charge is 0.322 e. The summed E-state index contributed by atoms with van der Waals surface area (Å²) in [6.07, 6.45) is 4.72. The summed E-state index contributed by atoms with van der Waals surface area (Å²) in [5.74, 6) is -0.112. The summed E-state index contributed by atoms with van der Waals surface area (Å²) in [5, 5.41) is 4.09. The van der Waals surface area contributed by atoms with Crippen LogP contribution in [0, 0.1) is 6.92 Å². The van der Waals surface area contributed by atoms with Crippen molar-refractivity contribution in [2.75, 3.05) is 44.9 Å². The minimum Gasteiger partial charge on any atom is -0.383 e. The van der Waals surface area contributed by atoms with Gasteiger partial charge in [0.05, 0.1) is 6.61 Å². The molecule has 0 atom stereocenters. The lowest BCUT2D eigenvalue weighted by molar-refractivity contribution is -0.132. The molecule has 0 unspecified atom stereocenters. The van der Waals surface area contributed by atoms with Crippen LogP contribution in [0.4, 0.5) is 10.5 Å². The van der Waals surface area contributed by atoms with Crippen LogP contribution in [0.15, 0.2) is 83.9 Å². The third-order valence-electron chi connectivity index (χ3n) is 6.69. The van der Waals surface area contributed by atoms with Crippen molar-refractivity contribution in [3.05, 3.63) is 95.7 Å². The minimum atomic E-state index is -0.329. The molecule has 0 aliphatic carbocycles. The van der Waals surface area contributed by atoms with E-state index in [1.54, 1.807) is 18.9 Å². The first-order valence-electron chi connectivity index (χ1n) is 13.0. The maximum Gasteiger partial charge on any atom is 0.322 e. The lowest BCUT2D eigenvalue weighted by Gasteiger charge is -2.28. The van der Waals surface area contributed by atoms with Gasteiger partial charge in [-0.25, -0.2) is 4.79 Å². The Morgan fingerprint density at radius 2 is 1.69 bits per heavy atom. The molecule has 4 rings (SSSR count). The first kappa shape index (κ1) is 28.3. The van der Waals surface area contributed by atoms with Gasteiger partial charge >= 0.3 is 6.03 Å². The predicted molar refractivity (Wildman–Crippen MR) is 159 cm³/mol. The summed E-state index contributed by atoms with van der Waals surface area (Å²) < 4.78 is 5.24. The molecule has 0 spiro atoms. The number of hydrogen-bond donors (Lipinski definition) is 2. The highest BCUT2D eigenvalue weighted by Crippen LogP contribution is 2.20. The van der Waals surface area contributed by atoms with E-state index >= 15 is 0 Å². The number of H-pyrrole nitrogens is 1. The van der Waals surface area contributed by atoms with Gasteiger partial charge in [-0.2, -0.15) is 0 Å². The zero-order chi connectivity index (χ0) is 27.6. The first-order chi connectivity index (χ1) is 19.0. The van der Waals surface area contributed by atoms with Crippen LogP contribution in [-0.2, 0) is 22.5 Å². The number of methoxy groups -OCH3 is 1. The molecule has 0 aliphatic rings. The Balaban J connectivity index is 1.49. The van der Waals surface area contributed by atoms with Crippen LogP contribution in [0.2, 0.25) is 0 Å². The van der Waals surface area contributed by atoms with E-state index in [-0.39, 0.29) is 18.5 Å². The van der Waals surface area contributed by atoms with Gasteiger partial charge in [0, 0.05) is 54.4 Å². The second-order valence-corrected chi connectivity index (χ2v) is 10.4. The summed E-state index contributed by atoms with van der Waals surface area (Å²) >= 11 is 1.64. The van der Waals surface area contributed by atoms with E-state index in [0.717, 1.165) is 26.9 Å². The largest absolute Gasteiger partial charge is 0.383 e. The number of benzene rings is 3. The molecule has 1 aromatic heterocycles. The van der Waals surface area contributed by atoms with Crippen molar-refractivity contribution < 1.29 is 14.3 Å². The number of hydrogen-bond acceptors (Lipinski definition) is 4. The van der Waals surface area contributed by atoms with Crippen molar-refractivity contribution in [1.29, 1.82) is 0 Å². The number of para-hydroxylation sites is 1. The molecule has 0 aliphatic heterocycles. The van der Waals surface area contributed by atoms with Crippen LogP contribution in [0.25, 0.3) is 10.9 Å². The Kier molecular flexibility index (Phi) is 10.1. The van der Waals surface area contributed by atoms with E-state index in [0.29, 0.717) is 38.3 Å². The highest BCUT2D eigenvalue weighted by Gasteiger charge is 2.22. The lowest BCUT2D eigenvalue weighted by Crippen LogP contribution is -2.46. The highest BCUT2D eigenvalue weighted by molar-refractivity contribution is 7.98. The average Bonchev–Trinajstić information content (AvgIpc) is 3.37. The molecule has 0 fully saturated rings. The average molecular weight is 545 g/mol. The summed E-state index contributed by atoms with van der Waals surface area (Å²) in [6.45, 7) is 3.64. The number of urea groups is 1. The normalized spacial score (nSPS) is 10.9. The number of aromatic nitrogens is 1. The van der Waals surface area contributed by atoms with Gasteiger partial charge < -0.3 is 24.8 Å². The quantitative estimate of drug-likeness (QED) is 0.216. The molecule has 0 bridgehead atoms. The van der Waals surface area contributed by atoms with Crippen molar-refractivity contribution in [2.45, 2.75) is 24.8 Å². The summed E-state index contributed by atoms with van der Waals surface area (Å²) in [7, 11) is 1.59. The molecule has 204 valence electrons. The SMILES string of the molecule is COCCN(CC(=O)N(CCc1c[nH]c2ccccc12)Cc1ccc(C)cc1)C(=O)Nc1ccc(SC)cc1. The molecule has 1 heterocycles. The van der Waals surface area contributed by atoms with Crippen molar-refractivity contribution in [3.8, 4) is 0 Å². The number of carbonyl (C=O) groups excluding carboxylic acids is 2. The number of carbonyl (C=O) groups is 2. The number of nitrogens with zero attached hydrogens (tertiary/aromatic N) is 2. The molecule has 3 amide bonds. The van der Waals surface area contributed by atoms with E-state index in [4.69, 9.17) is 4.74 Å². The number of ether oxygens (including phenoxy) is 1. The van der Waals surface area contributed by atoms with Gasteiger partial charge in [0.2, 0.25) is 5.91 Å². The molecule has 0 saturated heterocycles. The second-order valence-electron chi connectivity index (χ2n) is 9.48. The van der Waals surface area contributed by atoms with E-state index in [1.165, 1.54) is 10.5 Å². The topological polar surface area (TPSA) is 77.7 Å². The molecular formula is C31H36N4O3S. The van der Waals surface area contributed by atoms with Crippen molar-refractivity contribution in [1.82, 2.24) is 14.8 Å². The predicted octanol–water partition coefficient (Wildman–Crippen LogP) is 5.95. The number of nitrogens with one attached hydrogen (secondary N) is 2. The fourth-order valence-electron chi connectivity index (χ4n) is 4.39. The van der Waals surface area contributed by atoms with Crippen LogP contribution in [0.1, 0.15) is 16.7 Å². The van der Waals surface area contributed by atoms with Crippen LogP contribution in [-0.4, -0.2) is 66.3 Å². The molecule has 3 aromatic carbocycles. The van der Waals surface area contributed by atoms with Gasteiger partial charge in [-0.15, -0.1) is 11.8 Å². The Bertz CT molecular complexity index is 1370. The van der Waals surface area contributed by atoms with Crippen LogP contribution in [0.5, 0.6) is 0 Å². The summed E-state index contributed by atoms with van der Waals surface area (Å²) in [5.41, 5.74) is 5.15. The molecular weight excluding hydrogens is 508 g/mol. The van der Waals surface area contributed by atoms with E-state index in [2.05, 4.69) is 46.7 Å².